The maximum absolute atomic E-state index is 11.9. The smallest absolute Gasteiger partial charge is 0.285 e. The maximum Gasteiger partial charge on any atom is 0.285 e. The lowest BCUT2D eigenvalue weighted by molar-refractivity contribution is -0.121. The minimum absolute atomic E-state index is 0.00260. The van der Waals surface area contributed by atoms with E-state index in [4.69, 9.17) is 4.74 Å². The van der Waals surface area contributed by atoms with Crippen LogP contribution in [-0.4, -0.2) is 18.4 Å². The second-order valence-electron chi connectivity index (χ2n) is 4.10. The topological polar surface area (TPSA) is 41.9 Å². The highest BCUT2D eigenvalue weighted by molar-refractivity contribution is 6.04. The van der Waals surface area contributed by atoms with Crippen molar-refractivity contribution < 1.29 is 9.53 Å². The first kappa shape index (κ1) is 11.5. The molecule has 0 spiro atoms. The first-order chi connectivity index (χ1) is 9.34. The molecule has 2 aromatic rings. The van der Waals surface area contributed by atoms with Crippen molar-refractivity contribution in [2.24, 2.45) is 5.10 Å². The normalized spacial score (nSPS) is 14.8. The Morgan fingerprint density at radius 2 is 1.58 bits per heavy atom. The maximum atomic E-state index is 11.9. The van der Waals surface area contributed by atoms with Crippen LogP contribution in [0.3, 0.4) is 0 Å². The summed E-state index contributed by atoms with van der Waals surface area (Å²) in [5.41, 5.74) is 1.60. The number of para-hydroxylation sites is 1. The number of benzene rings is 2. The van der Waals surface area contributed by atoms with Gasteiger partial charge in [-0.15, -0.1) is 5.10 Å². The van der Waals surface area contributed by atoms with E-state index in [1.165, 1.54) is 5.01 Å². The Balaban J connectivity index is 1.98. The van der Waals surface area contributed by atoms with Crippen LogP contribution >= 0.6 is 0 Å². The number of nitrogens with zero attached hydrogens (tertiary/aromatic N) is 2. The number of hydrogen-bond donors (Lipinski definition) is 0. The van der Waals surface area contributed by atoms with Gasteiger partial charge in [0.05, 0.1) is 5.69 Å². The molecule has 3 rings (SSSR count). The van der Waals surface area contributed by atoms with Gasteiger partial charge in [-0.1, -0.05) is 36.4 Å². The Hall–Kier alpha value is -2.62. The van der Waals surface area contributed by atoms with Crippen molar-refractivity contribution >= 4 is 17.5 Å². The summed E-state index contributed by atoms with van der Waals surface area (Å²) in [7, 11) is 0. The molecule has 1 aliphatic heterocycles. The average Bonchev–Trinajstić information content (AvgIpc) is 2.49. The van der Waals surface area contributed by atoms with Crippen LogP contribution in [0.1, 0.15) is 5.56 Å². The molecule has 0 N–H and O–H groups in total. The van der Waals surface area contributed by atoms with Gasteiger partial charge in [-0.2, -0.15) is 5.01 Å². The van der Waals surface area contributed by atoms with Crippen LogP contribution in [0.4, 0.5) is 5.69 Å². The summed E-state index contributed by atoms with van der Waals surface area (Å²) in [6.07, 6.45) is 0. The lowest BCUT2D eigenvalue weighted by atomic mass is 10.2. The molecule has 4 heteroatoms. The molecule has 19 heavy (non-hydrogen) atoms. The molecule has 0 fully saturated rings. The third-order valence-electron chi connectivity index (χ3n) is 2.78. The van der Waals surface area contributed by atoms with Crippen LogP contribution in [0.15, 0.2) is 65.8 Å². The third kappa shape index (κ3) is 2.33. The summed E-state index contributed by atoms with van der Waals surface area (Å²) in [5, 5.41) is 5.66. The predicted octanol–water partition coefficient (Wildman–Crippen LogP) is 2.41. The second kappa shape index (κ2) is 4.94. The minimum atomic E-state index is -0.175. The number of anilines is 1. The highest BCUT2D eigenvalue weighted by Crippen LogP contribution is 2.18. The molecule has 0 aliphatic carbocycles. The largest absolute Gasteiger partial charge is 0.466 e. The van der Waals surface area contributed by atoms with Gasteiger partial charge in [0.15, 0.2) is 6.61 Å². The number of carbonyl (C=O) groups excluding carboxylic acids is 1. The number of amides is 1. The van der Waals surface area contributed by atoms with Crippen molar-refractivity contribution in [1.82, 2.24) is 0 Å². The summed E-state index contributed by atoms with van der Waals surface area (Å²) in [5.74, 6) is 0.287. The van der Waals surface area contributed by atoms with Crippen molar-refractivity contribution in [3.8, 4) is 0 Å². The summed E-state index contributed by atoms with van der Waals surface area (Å²) >= 11 is 0. The molecule has 4 nitrogen and oxygen atoms in total. The van der Waals surface area contributed by atoms with Gasteiger partial charge >= 0.3 is 0 Å². The fourth-order valence-corrected chi connectivity index (χ4v) is 1.86. The highest BCUT2D eigenvalue weighted by atomic mass is 16.5. The predicted molar refractivity (Wildman–Crippen MR) is 72.9 cm³/mol. The highest BCUT2D eigenvalue weighted by Gasteiger charge is 2.23. The van der Waals surface area contributed by atoms with E-state index in [0.29, 0.717) is 5.90 Å². The molecule has 1 amide bonds. The third-order valence-corrected chi connectivity index (χ3v) is 2.78. The van der Waals surface area contributed by atoms with Gasteiger partial charge < -0.3 is 4.74 Å². The minimum Gasteiger partial charge on any atom is -0.466 e. The van der Waals surface area contributed by atoms with Crippen LogP contribution in [0.2, 0.25) is 0 Å². The van der Waals surface area contributed by atoms with E-state index in [9.17, 15) is 4.79 Å². The number of hydrogen-bond acceptors (Lipinski definition) is 3. The fraction of sp³-hybridized carbons (Fsp3) is 0.0667. The van der Waals surface area contributed by atoms with E-state index in [1.54, 1.807) is 0 Å². The molecule has 0 unspecified atom stereocenters. The first-order valence-corrected chi connectivity index (χ1v) is 5.99. The summed E-state index contributed by atoms with van der Waals surface area (Å²) < 4.78 is 5.39. The van der Waals surface area contributed by atoms with Gasteiger partial charge in [-0.3, -0.25) is 4.79 Å². The van der Waals surface area contributed by atoms with E-state index in [0.717, 1.165) is 11.3 Å². The summed E-state index contributed by atoms with van der Waals surface area (Å²) in [6, 6.07) is 18.9. The Kier molecular flexibility index (Phi) is 2.98. The number of ether oxygens (including phenoxy) is 1. The Bertz CT molecular complexity index is 609. The molecule has 1 heterocycles. The van der Waals surface area contributed by atoms with Gasteiger partial charge in [-0.25, -0.2) is 0 Å². The quantitative estimate of drug-likeness (QED) is 0.823. The second-order valence-corrected chi connectivity index (χ2v) is 4.10. The van der Waals surface area contributed by atoms with Gasteiger partial charge in [0.2, 0.25) is 5.90 Å². The average molecular weight is 252 g/mol. The molecule has 0 radical (unpaired) electrons. The van der Waals surface area contributed by atoms with Crippen LogP contribution in [0.25, 0.3) is 0 Å². The summed E-state index contributed by atoms with van der Waals surface area (Å²) in [4.78, 5) is 11.9. The molecule has 1 aliphatic rings. The van der Waals surface area contributed by atoms with E-state index in [-0.39, 0.29) is 12.5 Å². The van der Waals surface area contributed by atoms with Crippen molar-refractivity contribution in [2.75, 3.05) is 11.6 Å². The summed E-state index contributed by atoms with van der Waals surface area (Å²) in [6.45, 7) is 0.00260. The van der Waals surface area contributed by atoms with Crippen LogP contribution in [0, 0.1) is 0 Å². The van der Waals surface area contributed by atoms with Crippen LogP contribution in [0.5, 0.6) is 0 Å². The fourth-order valence-electron chi connectivity index (χ4n) is 1.86. The van der Waals surface area contributed by atoms with Crippen molar-refractivity contribution in [1.29, 1.82) is 0 Å². The van der Waals surface area contributed by atoms with E-state index < -0.39 is 0 Å². The molecule has 0 saturated carbocycles. The molecule has 2 aromatic carbocycles. The van der Waals surface area contributed by atoms with Gasteiger partial charge in [0.1, 0.15) is 0 Å². The monoisotopic (exact) mass is 252 g/mol. The van der Waals surface area contributed by atoms with Gasteiger partial charge in [0.25, 0.3) is 5.91 Å². The van der Waals surface area contributed by atoms with E-state index in [2.05, 4.69) is 5.10 Å². The Morgan fingerprint density at radius 3 is 2.26 bits per heavy atom. The van der Waals surface area contributed by atoms with Crippen molar-refractivity contribution in [2.45, 2.75) is 0 Å². The van der Waals surface area contributed by atoms with Crippen molar-refractivity contribution in [3.05, 3.63) is 66.2 Å². The van der Waals surface area contributed by atoms with E-state index in [1.807, 2.05) is 60.7 Å². The first-order valence-electron chi connectivity index (χ1n) is 5.99. The standard InChI is InChI=1S/C15H12N2O2/c18-14-11-19-15(12-7-3-1-4-8-12)16-17(14)13-9-5-2-6-10-13/h1-10H,11H2. The zero-order valence-electron chi connectivity index (χ0n) is 10.2. The molecule has 0 bridgehead atoms. The Morgan fingerprint density at radius 1 is 0.947 bits per heavy atom. The molecule has 0 atom stereocenters. The molecular weight excluding hydrogens is 240 g/mol. The van der Waals surface area contributed by atoms with Gasteiger partial charge in [0, 0.05) is 5.56 Å². The lowest BCUT2D eigenvalue weighted by Gasteiger charge is -2.23. The zero-order chi connectivity index (χ0) is 13.1. The van der Waals surface area contributed by atoms with Crippen LogP contribution < -0.4 is 5.01 Å². The van der Waals surface area contributed by atoms with Crippen LogP contribution in [-0.2, 0) is 9.53 Å². The van der Waals surface area contributed by atoms with Gasteiger partial charge in [-0.05, 0) is 24.3 Å². The van der Waals surface area contributed by atoms with E-state index >= 15 is 0 Å². The zero-order valence-corrected chi connectivity index (χ0v) is 10.2. The molecule has 94 valence electrons. The molecule has 0 aromatic heterocycles. The Labute approximate surface area is 110 Å². The SMILES string of the molecule is O=C1COC(c2ccccc2)=NN1c1ccccc1. The number of carbonyl (C=O) groups is 1. The van der Waals surface area contributed by atoms with Crippen molar-refractivity contribution in [3.63, 3.8) is 0 Å². The molecule has 0 saturated heterocycles. The number of hydrazone groups is 1. The lowest BCUT2D eigenvalue weighted by Crippen LogP contribution is -2.36. The number of rotatable bonds is 2. The molecular formula is C15H12N2O2.